The van der Waals surface area contributed by atoms with Crippen LogP contribution in [0.5, 0.6) is 0 Å². The molecule has 0 aliphatic heterocycles. The van der Waals surface area contributed by atoms with Crippen molar-refractivity contribution in [2.45, 2.75) is 0 Å². The summed E-state index contributed by atoms with van der Waals surface area (Å²) < 4.78 is 1.14. The fourth-order valence-electron chi connectivity index (χ4n) is 0.717. The van der Waals surface area contributed by atoms with Gasteiger partial charge in [0, 0.05) is 5.39 Å². The predicted octanol–water partition coefficient (Wildman–Crippen LogP) is 2.39. The molecule has 0 saturated carbocycles. The first-order valence-electron chi connectivity index (χ1n) is 2.45. The first-order valence-corrected chi connectivity index (χ1v) is 4.05. The summed E-state index contributed by atoms with van der Waals surface area (Å²) >= 11 is 5.03. The van der Waals surface area contributed by atoms with Gasteiger partial charge in [-0.3, -0.25) is 5.10 Å². The van der Waals surface area contributed by atoms with Gasteiger partial charge in [-0.2, -0.15) is 5.10 Å². The predicted molar refractivity (Wildman–Crippen MR) is 41.7 cm³/mol. The smallest absolute Gasteiger partial charge is 0.119 e. The monoisotopic (exact) mass is 202 g/mol. The minimum absolute atomic E-state index is 1.13. The van der Waals surface area contributed by atoms with E-state index in [1.165, 1.54) is 5.39 Å². The molecule has 2 rings (SSSR count). The molecule has 2 heterocycles. The molecule has 2 nitrogen and oxygen atoms in total. The fraction of sp³-hybridized carbons (Fsp3) is 0. The second-order valence-corrected chi connectivity index (χ2v) is 4.14. The Kier molecular flexibility index (Phi) is 1.10. The topological polar surface area (TPSA) is 28.7 Å². The van der Waals surface area contributed by atoms with Crippen LogP contribution in [0, 0.1) is 0 Å². The lowest BCUT2D eigenvalue weighted by molar-refractivity contribution is 1.13. The molecular formula is C5H3BrN2S. The Balaban J connectivity index is 2.92. The molecule has 0 aliphatic rings. The van der Waals surface area contributed by atoms with Crippen LogP contribution in [0.4, 0.5) is 0 Å². The van der Waals surface area contributed by atoms with E-state index >= 15 is 0 Å². The average Bonchev–Trinajstić information content (AvgIpc) is 2.22. The zero-order valence-electron chi connectivity index (χ0n) is 4.39. The van der Waals surface area contributed by atoms with Crippen LogP contribution in [0.25, 0.3) is 10.2 Å². The molecule has 2 aromatic rings. The van der Waals surface area contributed by atoms with Crippen molar-refractivity contribution in [3.8, 4) is 0 Å². The Labute approximate surface area is 64.0 Å². The molecule has 4 heteroatoms. The Morgan fingerprint density at radius 2 is 2.56 bits per heavy atom. The Morgan fingerprint density at radius 3 is 3.33 bits per heavy atom. The van der Waals surface area contributed by atoms with E-state index in [9.17, 15) is 0 Å². The first-order chi connectivity index (χ1) is 4.36. The zero-order chi connectivity index (χ0) is 6.27. The summed E-state index contributed by atoms with van der Waals surface area (Å²) in [6.45, 7) is 0. The number of H-pyrrole nitrogens is 1. The van der Waals surface area contributed by atoms with E-state index in [4.69, 9.17) is 0 Å². The van der Waals surface area contributed by atoms with Gasteiger partial charge in [0.25, 0.3) is 0 Å². The van der Waals surface area contributed by atoms with E-state index < -0.39 is 0 Å². The van der Waals surface area contributed by atoms with Crippen LogP contribution in [-0.4, -0.2) is 10.2 Å². The Morgan fingerprint density at radius 1 is 1.67 bits per heavy atom. The van der Waals surface area contributed by atoms with Crippen LogP contribution < -0.4 is 0 Å². The first kappa shape index (κ1) is 5.44. The zero-order valence-corrected chi connectivity index (χ0v) is 6.79. The number of halogens is 1. The summed E-state index contributed by atoms with van der Waals surface area (Å²) in [5.41, 5.74) is 0. The van der Waals surface area contributed by atoms with Crippen molar-refractivity contribution in [3.05, 3.63) is 16.0 Å². The van der Waals surface area contributed by atoms with E-state index in [1.54, 1.807) is 11.3 Å². The lowest BCUT2D eigenvalue weighted by Crippen LogP contribution is -1.57. The highest BCUT2D eigenvalue weighted by molar-refractivity contribution is 9.11. The highest BCUT2D eigenvalue weighted by Gasteiger charge is 1.97. The molecule has 0 unspecified atom stereocenters. The minimum atomic E-state index is 1.13. The SMILES string of the molecule is Brc1cc2cn[nH]c2s1. The average molecular weight is 203 g/mol. The van der Waals surface area contributed by atoms with Gasteiger partial charge >= 0.3 is 0 Å². The Bertz CT molecular complexity index is 296. The lowest BCUT2D eigenvalue weighted by Gasteiger charge is -1.68. The van der Waals surface area contributed by atoms with Gasteiger partial charge in [-0.25, -0.2) is 0 Å². The lowest BCUT2D eigenvalue weighted by atomic mass is 10.5. The van der Waals surface area contributed by atoms with Gasteiger partial charge in [0.15, 0.2) is 0 Å². The standard InChI is InChI=1S/C5H3BrN2S/c6-4-1-3-2-7-8-5(3)9-4/h1-2H,(H,7,8). The van der Waals surface area contributed by atoms with Gasteiger partial charge in [0.2, 0.25) is 0 Å². The number of fused-ring (bicyclic) bond motifs is 1. The maximum atomic E-state index is 3.87. The maximum absolute atomic E-state index is 3.87. The highest BCUT2D eigenvalue weighted by Crippen LogP contribution is 2.27. The third kappa shape index (κ3) is 0.784. The quantitative estimate of drug-likeness (QED) is 0.699. The van der Waals surface area contributed by atoms with E-state index in [0.29, 0.717) is 0 Å². The summed E-state index contributed by atoms with van der Waals surface area (Å²) in [5, 5.41) is 7.92. The van der Waals surface area contributed by atoms with Gasteiger partial charge in [0.1, 0.15) is 4.83 Å². The molecule has 0 aromatic carbocycles. The molecular weight excluding hydrogens is 200 g/mol. The van der Waals surface area contributed by atoms with Crippen molar-refractivity contribution in [1.29, 1.82) is 0 Å². The van der Waals surface area contributed by atoms with Crippen molar-refractivity contribution in [3.63, 3.8) is 0 Å². The molecule has 0 saturated heterocycles. The van der Waals surface area contributed by atoms with Gasteiger partial charge < -0.3 is 0 Å². The third-order valence-electron chi connectivity index (χ3n) is 1.10. The van der Waals surface area contributed by atoms with Crippen LogP contribution in [0.1, 0.15) is 0 Å². The van der Waals surface area contributed by atoms with Crippen LogP contribution in [-0.2, 0) is 0 Å². The van der Waals surface area contributed by atoms with Crippen molar-refractivity contribution < 1.29 is 0 Å². The molecule has 9 heavy (non-hydrogen) atoms. The number of aromatic nitrogens is 2. The van der Waals surface area contributed by atoms with Crippen molar-refractivity contribution >= 4 is 37.5 Å². The fourth-order valence-corrected chi connectivity index (χ4v) is 2.16. The molecule has 2 aromatic heterocycles. The molecule has 1 N–H and O–H groups in total. The Hall–Kier alpha value is -0.350. The molecule has 0 amide bonds. The molecule has 0 radical (unpaired) electrons. The largest absolute Gasteiger partial charge is 0.268 e. The van der Waals surface area contributed by atoms with E-state index in [0.717, 1.165) is 8.62 Å². The van der Waals surface area contributed by atoms with Crippen LogP contribution in [0.2, 0.25) is 0 Å². The van der Waals surface area contributed by atoms with Crippen LogP contribution >= 0.6 is 27.3 Å². The number of aromatic amines is 1. The summed E-state index contributed by atoms with van der Waals surface area (Å²) in [6, 6.07) is 2.05. The van der Waals surface area contributed by atoms with Crippen molar-refractivity contribution in [1.82, 2.24) is 10.2 Å². The normalized spacial score (nSPS) is 10.8. The van der Waals surface area contributed by atoms with E-state index in [1.807, 2.05) is 12.3 Å². The van der Waals surface area contributed by atoms with E-state index in [2.05, 4.69) is 26.1 Å². The third-order valence-corrected chi connectivity index (χ3v) is 2.66. The highest BCUT2D eigenvalue weighted by atomic mass is 79.9. The van der Waals surface area contributed by atoms with E-state index in [-0.39, 0.29) is 0 Å². The molecule has 0 atom stereocenters. The van der Waals surface area contributed by atoms with Gasteiger partial charge in [0.05, 0.1) is 9.98 Å². The molecule has 0 aliphatic carbocycles. The van der Waals surface area contributed by atoms with Crippen molar-refractivity contribution in [2.24, 2.45) is 0 Å². The van der Waals surface area contributed by atoms with Crippen molar-refractivity contribution in [2.75, 3.05) is 0 Å². The molecule has 0 spiro atoms. The second-order valence-electron chi connectivity index (χ2n) is 1.70. The summed E-state index contributed by atoms with van der Waals surface area (Å²) in [7, 11) is 0. The summed E-state index contributed by atoms with van der Waals surface area (Å²) in [4.78, 5) is 1.13. The second kappa shape index (κ2) is 1.82. The minimum Gasteiger partial charge on any atom is -0.268 e. The number of nitrogens with one attached hydrogen (secondary N) is 1. The number of rotatable bonds is 0. The van der Waals surface area contributed by atoms with Gasteiger partial charge in [-0.1, -0.05) is 0 Å². The van der Waals surface area contributed by atoms with Gasteiger partial charge in [-0.15, -0.1) is 11.3 Å². The molecule has 46 valence electrons. The molecule has 0 bridgehead atoms. The van der Waals surface area contributed by atoms with Gasteiger partial charge in [-0.05, 0) is 22.0 Å². The van der Waals surface area contributed by atoms with Crippen LogP contribution in [0.15, 0.2) is 16.0 Å². The molecule has 0 fully saturated rings. The van der Waals surface area contributed by atoms with Crippen LogP contribution in [0.3, 0.4) is 0 Å². The summed E-state index contributed by atoms with van der Waals surface area (Å²) in [5.74, 6) is 0. The number of hydrogen-bond acceptors (Lipinski definition) is 2. The number of nitrogens with zero attached hydrogens (tertiary/aromatic N) is 1. The summed E-state index contributed by atoms with van der Waals surface area (Å²) in [6.07, 6.45) is 1.82. The number of hydrogen-bond donors (Lipinski definition) is 1. The number of thiophene rings is 1. The maximum Gasteiger partial charge on any atom is 0.119 e.